The van der Waals surface area contributed by atoms with Crippen molar-refractivity contribution in [1.29, 1.82) is 0 Å². The first-order chi connectivity index (χ1) is 12.0. The molecule has 2 heterocycles. The summed E-state index contributed by atoms with van der Waals surface area (Å²) in [6.07, 6.45) is 1.63. The lowest BCUT2D eigenvalue weighted by molar-refractivity contribution is 0.0929. The van der Waals surface area contributed by atoms with Crippen LogP contribution in [0.15, 0.2) is 30.5 Å². The van der Waals surface area contributed by atoms with E-state index >= 15 is 0 Å². The number of aryl methyl sites for hydroxylation is 1. The molecule has 8 nitrogen and oxygen atoms in total. The third-order valence-corrected chi connectivity index (χ3v) is 3.88. The number of nitrogens with zero attached hydrogens (tertiary/aromatic N) is 4. The van der Waals surface area contributed by atoms with Crippen molar-refractivity contribution in [3.8, 4) is 11.5 Å². The van der Waals surface area contributed by atoms with Crippen molar-refractivity contribution in [2.45, 2.75) is 19.9 Å². The van der Waals surface area contributed by atoms with E-state index in [-0.39, 0.29) is 17.8 Å². The van der Waals surface area contributed by atoms with Gasteiger partial charge in [-0.3, -0.25) is 4.79 Å². The monoisotopic (exact) mass is 341 g/mol. The summed E-state index contributed by atoms with van der Waals surface area (Å²) in [5, 5.41) is 7.09. The van der Waals surface area contributed by atoms with Gasteiger partial charge >= 0.3 is 0 Å². The van der Waals surface area contributed by atoms with Crippen molar-refractivity contribution in [1.82, 2.24) is 24.9 Å². The maximum absolute atomic E-state index is 12.5. The minimum Gasteiger partial charge on any atom is -0.497 e. The van der Waals surface area contributed by atoms with E-state index in [4.69, 9.17) is 9.47 Å². The molecule has 25 heavy (non-hydrogen) atoms. The molecule has 0 bridgehead atoms. The highest BCUT2D eigenvalue weighted by Gasteiger charge is 2.19. The first-order valence-electron chi connectivity index (χ1n) is 7.74. The molecular formula is C17H19N5O3. The van der Waals surface area contributed by atoms with Crippen LogP contribution in [0, 0.1) is 6.92 Å². The fourth-order valence-corrected chi connectivity index (χ4v) is 2.52. The molecule has 1 amide bonds. The molecule has 0 aliphatic rings. The van der Waals surface area contributed by atoms with Crippen molar-refractivity contribution in [2.24, 2.45) is 0 Å². The van der Waals surface area contributed by atoms with Gasteiger partial charge in [0, 0.05) is 17.5 Å². The maximum Gasteiger partial charge on any atom is 0.291 e. The van der Waals surface area contributed by atoms with Crippen molar-refractivity contribution >= 4 is 11.7 Å². The Labute approximate surface area is 144 Å². The highest BCUT2D eigenvalue weighted by atomic mass is 16.5. The largest absolute Gasteiger partial charge is 0.497 e. The molecular weight excluding hydrogens is 322 g/mol. The SMILES string of the molecule is COc1ccc(OC)c(C(C)NC(=O)c2nc3nccc(C)n3n2)c1. The molecule has 1 N–H and O–H groups in total. The fourth-order valence-electron chi connectivity index (χ4n) is 2.52. The van der Waals surface area contributed by atoms with Crippen molar-refractivity contribution in [3.63, 3.8) is 0 Å². The minimum absolute atomic E-state index is 0.0653. The number of benzene rings is 1. The van der Waals surface area contributed by atoms with Gasteiger partial charge in [0.2, 0.25) is 5.82 Å². The average Bonchev–Trinajstić information content (AvgIpc) is 3.07. The number of rotatable bonds is 5. The summed E-state index contributed by atoms with van der Waals surface area (Å²) in [5.41, 5.74) is 1.65. The van der Waals surface area contributed by atoms with Crippen LogP contribution in [-0.2, 0) is 0 Å². The molecule has 1 aromatic carbocycles. The van der Waals surface area contributed by atoms with E-state index < -0.39 is 0 Å². The molecule has 0 radical (unpaired) electrons. The fraction of sp³-hybridized carbons (Fsp3) is 0.294. The second-order valence-corrected chi connectivity index (χ2v) is 5.54. The average molecular weight is 341 g/mol. The zero-order valence-electron chi connectivity index (χ0n) is 14.5. The van der Waals surface area contributed by atoms with E-state index in [0.29, 0.717) is 17.3 Å². The molecule has 0 fully saturated rings. The van der Waals surface area contributed by atoms with Gasteiger partial charge in [0.25, 0.3) is 11.7 Å². The summed E-state index contributed by atoms with van der Waals surface area (Å²) >= 11 is 0. The minimum atomic E-state index is -0.387. The smallest absolute Gasteiger partial charge is 0.291 e. The van der Waals surface area contributed by atoms with E-state index in [1.54, 1.807) is 38.6 Å². The van der Waals surface area contributed by atoms with Gasteiger partial charge in [0.15, 0.2) is 0 Å². The highest BCUT2D eigenvalue weighted by molar-refractivity contribution is 5.91. The van der Waals surface area contributed by atoms with Crippen molar-refractivity contribution < 1.29 is 14.3 Å². The number of ether oxygens (including phenoxy) is 2. The second-order valence-electron chi connectivity index (χ2n) is 5.54. The van der Waals surface area contributed by atoms with Crippen LogP contribution in [0.2, 0.25) is 0 Å². The number of carbonyl (C=O) groups excluding carboxylic acids is 1. The topological polar surface area (TPSA) is 90.6 Å². The Morgan fingerprint density at radius 2 is 2.04 bits per heavy atom. The number of hydrogen-bond donors (Lipinski definition) is 1. The first kappa shape index (κ1) is 16.7. The van der Waals surface area contributed by atoms with Gasteiger partial charge in [0.05, 0.1) is 20.3 Å². The summed E-state index contributed by atoms with van der Waals surface area (Å²) in [7, 11) is 3.17. The Bertz CT molecular complexity index is 922. The third kappa shape index (κ3) is 3.23. The summed E-state index contributed by atoms with van der Waals surface area (Å²) in [6, 6.07) is 6.90. The molecule has 130 valence electrons. The van der Waals surface area contributed by atoms with Crippen LogP contribution < -0.4 is 14.8 Å². The zero-order valence-corrected chi connectivity index (χ0v) is 14.5. The number of fused-ring (bicyclic) bond motifs is 1. The molecule has 1 unspecified atom stereocenters. The predicted octanol–water partition coefficient (Wildman–Crippen LogP) is 1.94. The first-order valence-corrected chi connectivity index (χ1v) is 7.74. The van der Waals surface area contributed by atoms with Gasteiger partial charge in [-0.2, -0.15) is 4.98 Å². The van der Waals surface area contributed by atoms with E-state index in [9.17, 15) is 4.79 Å². The van der Waals surface area contributed by atoms with E-state index in [0.717, 1.165) is 11.3 Å². The lowest BCUT2D eigenvalue weighted by atomic mass is 10.1. The van der Waals surface area contributed by atoms with Gasteiger partial charge in [-0.25, -0.2) is 9.50 Å². The Kier molecular flexibility index (Phi) is 4.51. The quantitative estimate of drug-likeness (QED) is 0.763. The molecule has 0 spiro atoms. The Balaban J connectivity index is 1.85. The predicted molar refractivity (Wildman–Crippen MR) is 90.9 cm³/mol. The van der Waals surface area contributed by atoms with Crippen molar-refractivity contribution in [2.75, 3.05) is 14.2 Å². The van der Waals surface area contributed by atoms with Crippen molar-refractivity contribution in [3.05, 3.63) is 47.5 Å². The molecule has 1 atom stereocenters. The molecule has 0 saturated carbocycles. The van der Waals surface area contributed by atoms with E-state index in [1.165, 1.54) is 4.52 Å². The van der Waals surface area contributed by atoms with Crippen LogP contribution in [0.4, 0.5) is 0 Å². The molecule has 0 saturated heterocycles. The number of amides is 1. The number of methoxy groups -OCH3 is 2. The summed E-state index contributed by atoms with van der Waals surface area (Å²) in [5.74, 6) is 1.41. The van der Waals surface area contributed by atoms with Gasteiger partial charge < -0.3 is 14.8 Å². The van der Waals surface area contributed by atoms with Crippen LogP contribution in [0.25, 0.3) is 5.78 Å². The standard InChI is InChI=1S/C17H19N5O3/c1-10-7-8-18-17-20-15(21-22(10)17)16(23)19-11(2)13-9-12(24-3)5-6-14(13)25-4/h5-9,11H,1-4H3,(H,19,23). The number of hydrogen-bond acceptors (Lipinski definition) is 6. The number of carbonyl (C=O) groups is 1. The molecule has 8 heteroatoms. The van der Waals surface area contributed by atoms with Crippen LogP contribution in [0.5, 0.6) is 11.5 Å². The Morgan fingerprint density at radius 1 is 1.24 bits per heavy atom. The van der Waals surface area contributed by atoms with Crippen LogP contribution in [0.1, 0.15) is 34.8 Å². The highest BCUT2D eigenvalue weighted by Crippen LogP contribution is 2.29. The normalized spacial score (nSPS) is 12.0. The molecule has 0 aliphatic carbocycles. The summed E-state index contributed by atoms with van der Waals surface area (Å²) < 4.78 is 12.1. The lowest BCUT2D eigenvalue weighted by Crippen LogP contribution is -2.28. The second kappa shape index (κ2) is 6.76. The molecule has 0 aliphatic heterocycles. The van der Waals surface area contributed by atoms with Gasteiger partial charge in [0.1, 0.15) is 11.5 Å². The van der Waals surface area contributed by atoms with Gasteiger partial charge in [-0.1, -0.05) is 0 Å². The zero-order chi connectivity index (χ0) is 18.0. The Hall–Kier alpha value is -3.16. The lowest BCUT2D eigenvalue weighted by Gasteiger charge is -2.17. The molecule has 3 rings (SSSR count). The van der Waals surface area contributed by atoms with Crippen LogP contribution in [-0.4, -0.2) is 39.7 Å². The third-order valence-electron chi connectivity index (χ3n) is 3.88. The van der Waals surface area contributed by atoms with E-state index in [2.05, 4.69) is 20.4 Å². The van der Waals surface area contributed by atoms with E-state index in [1.807, 2.05) is 19.9 Å². The summed E-state index contributed by atoms with van der Waals surface area (Å²) in [4.78, 5) is 20.8. The molecule has 2 aromatic heterocycles. The van der Waals surface area contributed by atoms with Gasteiger partial charge in [-0.15, -0.1) is 5.10 Å². The maximum atomic E-state index is 12.5. The Morgan fingerprint density at radius 3 is 2.72 bits per heavy atom. The summed E-state index contributed by atoms with van der Waals surface area (Å²) in [6.45, 7) is 3.73. The van der Waals surface area contributed by atoms with Gasteiger partial charge in [-0.05, 0) is 38.1 Å². The molecule has 3 aromatic rings. The van der Waals surface area contributed by atoms with Crippen LogP contribution >= 0.6 is 0 Å². The number of aromatic nitrogens is 4. The number of nitrogens with one attached hydrogen (secondary N) is 1. The van der Waals surface area contributed by atoms with Crippen LogP contribution in [0.3, 0.4) is 0 Å².